The van der Waals surface area contributed by atoms with Crippen molar-refractivity contribution in [3.05, 3.63) is 82.4 Å². The molecule has 0 spiro atoms. The molecule has 1 aliphatic rings. The molecule has 194 valence electrons. The van der Waals surface area contributed by atoms with Crippen molar-refractivity contribution in [1.82, 2.24) is 9.97 Å². The van der Waals surface area contributed by atoms with Gasteiger partial charge in [0.25, 0.3) is 5.78 Å². The predicted octanol–water partition coefficient (Wildman–Crippen LogP) is 4.83. The third-order valence-electron chi connectivity index (χ3n) is 6.83. The van der Waals surface area contributed by atoms with Crippen molar-refractivity contribution in [3.8, 4) is 17.2 Å². The fraction of sp³-hybridized carbons (Fsp3) is 0.207. The Morgan fingerprint density at radius 1 is 0.921 bits per heavy atom. The van der Waals surface area contributed by atoms with E-state index in [1.54, 1.807) is 42.5 Å². The van der Waals surface area contributed by atoms with Crippen LogP contribution in [0.15, 0.2) is 60.2 Å². The Balaban J connectivity index is 1.75. The summed E-state index contributed by atoms with van der Waals surface area (Å²) in [5.74, 6) is -0.517. The quantitative estimate of drug-likeness (QED) is 0.216. The first kappa shape index (κ1) is 24.9. The monoisotopic (exact) mass is 513 g/mol. The largest absolute Gasteiger partial charge is 0.507 e. The number of ketones is 1. The molecule has 1 fully saturated rings. The molecule has 0 radical (unpaired) electrons. The van der Waals surface area contributed by atoms with Gasteiger partial charge in [0.15, 0.2) is 0 Å². The normalized spacial score (nSPS) is 16.8. The average molecular weight is 514 g/mol. The van der Waals surface area contributed by atoms with Crippen LogP contribution < -0.4 is 19.1 Å². The zero-order valence-corrected chi connectivity index (χ0v) is 21.7. The van der Waals surface area contributed by atoms with Gasteiger partial charge in [-0.2, -0.15) is 0 Å². The molecule has 1 aliphatic heterocycles. The first-order chi connectivity index (χ1) is 18.3. The standard InChI is InChI=1S/C29H27N3O6/c1-15-11-21-22(12-16(15)2)31-29(30-21)32-25(17-7-6-8-18(13-17)36-3)24(27(34)28(32)35)26(33)20-10-9-19(37-4)14-23(20)38-5/h6-14,25,33H,1-5H3,(H,30,31)/b26-24+. The number of Topliss-reactive ketones (excluding diaryl/α,β-unsaturated/α-hetero) is 1. The summed E-state index contributed by atoms with van der Waals surface area (Å²) in [6.07, 6.45) is 0. The number of H-pyrrole nitrogens is 1. The number of aliphatic hydroxyl groups is 1. The van der Waals surface area contributed by atoms with Crippen molar-refractivity contribution < 1.29 is 28.9 Å². The number of amides is 1. The maximum atomic E-state index is 13.5. The maximum absolute atomic E-state index is 13.5. The summed E-state index contributed by atoms with van der Waals surface area (Å²) in [5, 5.41) is 11.5. The van der Waals surface area contributed by atoms with E-state index in [1.807, 2.05) is 26.0 Å². The van der Waals surface area contributed by atoms with Gasteiger partial charge in [0, 0.05) is 6.07 Å². The van der Waals surface area contributed by atoms with Crippen molar-refractivity contribution >= 4 is 34.4 Å². The number of aliphatic hydroxyl groups excluding tert-OH is 1. The lowest BCUT2D eigenvalue weighted by atomic mass is 9.95. The number of hydrogen-bond donors (Lipinski definition) is 2. The lowest BCUT2D eigenvalue weighted by molar-refractivity contribution is -0.132. The molecule has 38 heavy (non-hydrogen) atoms. The van der Waals surface area contributed by atoms with Gasteiger partial charge in [0.05, 0.1) is 49.5 Å². The lowest BCUT2D eigenvalue weighted by Crippen LogP contribution is -2.30. The van der Waals surface area contributed by atoms with Gasteiger partial charge in [-0.15, -0.1) is 0 Å². The van der Waals surface area contributed by atoms with Crippen molar-refractivity contribution in [3.63, 3.8) is 0 Å². The predicted molar refractivity (Wildman–Crippen MR) is 143 cm³/mol. The number of hydrogen-bond acceptors (Lipinski definition) is 7. The van der Waals surface area contributed by atoms with E-state index in [0.717, 1.165) is 16.6 Å². The third-order valence-corrected chi connectivity index (χ3v) is 6.83. The number of rotatable bonds is 6. The van der Waals surface area contributed by atoms with Gasteiger partial charge in [-0.3, -0.25) is 14.5 Å². The van der Waals surface area contributed by atoms with Gasteiger partial charge < -0.3 is 24.3 Å². The molecule has 4 aromatic rings. The molecule has 2 N–H and O–H groups in total. The smallest absolute Gasteiger partial charge is 0.302 e. The number of nitrogens with zero attached hydrogens (tertiary/aromatic N) is 2. The summed E-state index contributed by atoms with van der Waals surface area (Å²) in [6, 6.07) is 14.7. The molecule has 1 atom stereocenters. The highest BCUT2D eigenvalue weighted by Gasteiger charge is 2.48. The zero-order chi connectivity index (χ0) is 27.1. The number of aryl methyl sites for hydroxylation is 2. The molecule has 9 nitrogen and oxygen atoms in total. The molecule has 2 heterocycles. The van der Waals surface area contributed by atoms with Crippen LogP contribution in [-0.4, -0.2) is 48.1 Å². The number of imidazole rings is 1. The van der Waals surface area contributed by atoms with Crippen molar-refractivity contribution in [2.24, 2.45) is 0 Å². The maximum Gasteiger partial charge on any atom is 0.302 e. The van der Waals surface area contributed by atoms with E-state index in [0.29, 0.717) is 22.6 Å². The Kier molecular flexibility index (Phi) is 6.28. The number of nitrogens with one attached hydrogen (secondary N) is 1. The lowest BCUT2D eigenvalue weighted by Gasteiger charge is -2.23. The Morgan fingerprint density at radius 3 is 2.34 bits per heavy atom. The molecule has 0 bridgehead atoms. The van der Waals surface area contributed by atoms with Crippen LogP contribution >= 0.6 is 0 Å². The van der Waals surface area contributed by atoms with E-state index in [1.165, 1.54) is 26.2 Å². The van der Waals surface area contributed by atoms with Crippen LogP contribution in [0.1, 0.15) is 28.3 Å². The second-order valence-electron chi connectivity index (χ2n) is 9.03. The first-order valence-corrected chi connectivity index (χ1v) is 11.9. The fourth-order valence-corrected chi connectivity index (χ4v) is 4.69. The number of aromatic amines is 1. The summed E-state index contributed by atoms with van der Waals surface area (Å²) in [4.78, 5) is 36.2. The van der Waals surface area contributed by atoms with E-state index in [-0.39, 0.29) is 28.6 Å². The Morgan fingerprint density at radius 2 is 1.63 bits per heavy atom. The van der Waals surface area contributed by atoms with Crippen LogP contribution in [-0.2, 0) is 9.59 Å². The number of carbonyl (C=O) groups excluding carboxylic acids is 2. The summed E-state index contributed by atoms with van der Waals surface area (Å²) in [6.45, 7) is 3.97. The van der Waals surface area contributed by atoms with Crippen LogP contribution in [0.5, 0.6) is 17.2 Å². The van der Waals surface area contributed by atoms with E-state index in [2.05, 4.69) is 9.97 Å². The summed E-state index contributed by atoms with van der Waals surface area (Å²) < 4.78 is 16.1. The molecule has 1 amide bonds. The van der Waals surface area contributed by atoms with Crippen molar-refractivity contribution in [2.45, 2.75) is 19.9 Å². The van der Waals surface area contributed by atoms with E-state index in [4.69, 9.17) is 14.2 Å². The van der Waals surface area contributed by atoms with Gasteiger partial charge in [0.2, 0.25) is 5.95 Å². The summed E-state index contributed by atoms with van der Waals surface area (Å²) >= 11 is 0. The number of methoxy groups -OCH3 is 3. The van der Waals surface area contributed by atoms with E-state index < -0.39 is 17.7 Å². The highest BCUT2D eigenvalue weighted by molar-refractivity contribution is 6.51. The molecule has 5 rings (SSSR count). The molecular formula is C29H27N3O6. The molecule has 0 saturated carbocycles. The minimum Gasteiger partial charge on any atom is -0.507 e. The fourth-order valence-electron chi connectivity index (χ4n) is 4.69. The summed E-state index contributed by atoms with van der Waals surface area (Å²) in [7, 11) is 4.49. The highest BCUT2D eigenvalue weighted by atomic mass is 16.5. The van der Waals surface area contributed by atoms with Crippen LogP contribution in [0, 0.1) is 13.8 Å². The molecule has 1 aromatic heterocycles. The van der Waals surface area contributed by atoms with Gasteiger partial charge >= 0.3 is 5.91 Å². The number of carbonyl (C=O) groups is 2. The number of fused-ring (bicyclic) bond motifs is 1. The van der Waals surface area contributed by atoms with E-state index in [9.17, 15) is 14.7 Å². The van der Waals surface area contributed by atoms with Gasteiger partial charge in [0.1, 0.15) is 23.0 Å². The van der Waals surface area contributed by atoms with Gasteiger partial charge in [-0.1, -0.05) is 12.1 Å². The SMILES string of the molecule is COc1cccc(C2/C(=C(\O)c3ccc(OC)cc3OC)C(=O)C(=O)N2c2nc3cc(C)c(C)cc3[nH]2)c1. The number of benzene rings is 3. The van der Waals surface area contributed by atoms with Crippen LogP contribution in [0.4, 0.5) is 5.95 Å². The average Bonchev–Trinajstić information content (AvgIpc) is 3.45. The summed E-state index contributed by atoms with van der Waals surface area (Å²) in [5.41, 5.74) is 4.21. The van der Waals surface area contributed by atoms with Crippen LogP contribution in [0.3, 0.4) is 0 Å². The number of ether oxygens (including phenoxy) is 3. The molecule has 0 aliphatic carbocycles. The zero-order valence-electron chi connectivity index (χ0n) is 21.7. The Bertz CT molecular complexity index is 1580. The second kappa shape index (κ2) is 9.59. The first-order valence-electron chi connectivity index (χ1n) is 11.9. The number of anilines is 1. The van der Waals surface area contributed by atoms with Crippen molar-refractivity contribution in [2.75, 3.05) is 26.2 Å². The second-order valence-corrected chi connectivity index (χ2v) is 9.03. The van der Waals surface area contributed by atoms with Crippen LogP contribution in [0.25, 0.3) is 16.8 Å². The van der Waals surface area contributed by atoms with Gasteiger partial charge in [-0.25, -0.2) is 4.98 Å². The molecule has 3 aromatic carbocycles. The molecule has 1 unspecified atom stereocenters. The van der Waals surface area contributed by atoms with Crippen molar-refractivity contribution in [1.29, 1.82) is 0 Å². The van der Waals surface area contributed by atoms with Gasteiger partial charge in [-0.05, 0) is 66.9 Å². The van der Waals surface area contributed by atoms with E-state index >= 15 is 0 Å². The topological polar surface area (TPSA) is 114 Å². The van der Waals surface area contributed by atoms with Crippen LogP contribution in [0.2, 0.25) is 0 Å². The Labute approximate surface area is 219 Å². The molecular weight excluding hydrogens is 486 g/mol. The Hall–Kier alpha value is -4.79. The third kappa shape index (κ3) is 4.02. The number of aromatic nitrogens is 2. The highest BCUT2D eigenvalue weighted by Crippen LogP contribution is 2.44. The molecule has 1 saturated heterocycles. The molecule has 9 heteroatoms. The minimum atomic E-state index is -0.986. The minimum absolute atomic E-state index is 0.0977.